The molecule has 0 spiro atoms. The molecular formula is C13H12ClN3O3S. The predicted octanol–water partition coefficient (Wildman–Crippen LogP) is 1.82. The first-order valence-electron chi connectivity index (χ1n) is 5.76. The van der Waals surface area contributed by atoms with Crippen LogP contribution in [0.4, 0.5) is 11.4 Å². The Kier molecular flexibility index (Phi) is 4.17. The van der Waals surface area contributed by atoms with Crippen LogP contribution in [-0.2, 0) is 10.0 Å². The molecular weight excluding hydrogens is 314 g/mol. The molecule has 6 nitrogen and oxygen atoms in total. The number of benzene rings is 2. The van der Waals surface area contributed by atoms with Gasteiger partial charge in [-0.2, -0.15) is 0 Å². The van der Waals surface area contributed by atoms with Crippen molar-refractivity contribution in [3.63, 3.8) is 0 Å². The summed E-state index contributed by atoms with van der Waals surface area (Å²) in [5, 5.41) is 7.76. The number of amides is 1. The number of rotatable bonds is 3. The largest absolute Gasteiger partial charge is 0.399 e. The van der Waals surface area contributed by atoms with Gasteiger partial charge in [-0.3, -0.25) is 4.79 Å². The minimum atomic E-state index is -3.87. The molecule has 2 rings (SSSR count). The zero-order valence-corrected chi connectivity index (χ0v) is 12.3. The van der Waals surface area contributed by atoms with Crippen LogP contribution in [-0.4, -0.2) is 14.3 Å². The van der Waals surface area contributed by atoms with Crippen LogP contribution in [0.3, 0.4) is 0 Å². The van der Waals surface area contributed by atoms with E-state index in [-0.39, 0.29) is 15.6 Å². The molecule has 0 unspecified atom stereocenters. The lowest BCUT2D eigenvalue weighted by Gasteiger charge is -2.09. The number of nitrogens with one attached hydrogen (secondary N) is 1. The van der Waals surface area contributed by atoms with Crippen molar-refractivity contribution in [1.29, 1.82) is 0 Å². The molecule has 1 amide bonds. The average molecular weight is 326 g/mol. The second kappa shape index (κ2) is 5.72. The fourth-order valence-corrected chi connectivity index (χ4v) is 2.31. The van der Waals surface area contributed by atoms with Gasteiger partial charge in [0.05, 0.1) is 15.6 Å². The summed E-state index contributed by atoms with van der Waals surface area (Å²) < 4.78 is 22.6. The van der Waals surface area contributed by atoms with Crippen LogP contribution >= 0.6 is 11.6 Å². The summed E-state index contributed by atoms with van der Waals surface area (Å²) in [4.78, 5) is 11.9. The minimum Gasteiger partial charge on any atom is -0.399 e. The number of nitrogen functional groups attached to an aromatic ring is 1. The SMILES string of the molecule is Nc1ccc(C(=O)Nc2cc(S(N)(=O)=O)ccc2Cl)cc1. The Balaban J connectivity index is 2.31. The van der Waals surface area contributed by atoms with Gasteiger partial charge in [-0.25, -0.2) is 13.6 Å². The number of anilines is 2. The van der Waals surface area contributed by atoms with Crippen LogP contribution in [0.5, 0.6) is 0 Å². The Morgan fingerprint density at radius 3 is 2.29 bits per heavy atom. The maximum absolute atomic E-state index is 12.0. The zero-order chi connectivity index (χ0) is 15.6. The molecule has 21 heavy (non-hydrogen) atoms. The second-order valence-electron chi connectivity index (χ2n) is 4.26. The summed E-state index contributed by atoms with van der Waals surface area (Å²) in [5.74, 6) is -0.441. The van der Waals surface area contributed by atoms with E-state index >= 15 is 0 Å². The molecule has 0 bridgehead atoms. The van der Waals surface area contributed by atoms with Crippen LogP contribution < -0.4 is 16.2 Å². The van der Waals surface area contributed by atoms with E-state index in [2.05, 4.69) is 5.32 Å². The van der Waals surface area contributed by atoms with Crippen molar-refractivity contribution in [2.75, 3.05) is 11.1 Å². The van der Waals surface area contributed by atoms with Gasteiger partial charge >= 0.3 is 0 Å². The highest BCUT2D eigenvalue weighted by Crippen LogP contribution is 2.25. The number of nitrogens with two attached hydrogens (primary N) is 2. The summed E-state index contributed by atoms with van der Waals surface area (Å²) in [5.41, 5.74) is 6.59. The predicted molar refractivity (Wildman–Crippen MR) is 81.6 cm³/mol. The number of sulfonamides is 1. The van der Waals surface area contributed by atoms with Crippen LogP contribution in [0, 0.1) is 0 Å². The third kappa shape index (κ3) is 3.72. The molecule has 0 heterocycles. The van der Waals surface area contributed by atoms with E-state index in [9.17, 15) is 13.2 Å². The summed E-state index contributed by atoms with van der Waals surface area (Å²) in [7, 11) is -3.87. The Morgan fingerprint density at radius 2 is 1.71 bits per heavy atom. The monoisotopic (exact) mass is 325 g/mol. The molecule has 5 N–H and O–H groups in total. The Labute approximate surface area is 126 Å². The van der Waals surface area contributed by atoms with E-state index in [4.69, 9.17) is 22.5 Å². The number of carbonyl (C=O) groups is 1. The zero-order valence-electron chi connectivity index (χ0n) is 10.7. The van der Waals surface area contributed by atoms with Gasteiger partial charge in [-0.15, -0.1) is 0 Å². The topological polar surface area (TPSA) is 115 Å². The molecule has 0 radical (unpaired) electrons. The average Bonchev–Trinajstić information content (AvgIpc) is 2.40. The number of primary sulfonamides is 1. The quantitative estimate of drug-likeness (QED) is 0.746. The van der Waals surface area contributed by atoms with Gasteiger partial charge in [0.25, 0.3) is 5.91 Å². The highest BCUT2D eigenvalue weighted by Gasteiger charge is 2.13. The molecule has 0 saturated carbocycles. The van der Waals surface area contributed by atoms with E-state index in [1.165, 1.54) is 18.2 Å². The first-order chi connectivity index (χ1) is 9.77. The van der Waals surface area contributed by atoms with Crippen molar-refractivity contribution in [3.05, 3.63) is 53.1 Å². The number of hydrogen-bond acceptors (Lipinski definition) is 4. The van der Waals surface area contributed by atoms with Crippen LogP contribution in [0.2, 0.25) is 5.02 Å². The molecule has 0 aliphatic heterocycles. The molecule has 0 aliphatic carbocycles. The van der Waals surface area contributed by atoms with Gasteiger partial charge < -0.3 is 11.1 Å². The fourth-order valence-electron chi connectivity index (χ4n) is 1.61. The Morgan fingerprint density at radius 1 is 1.10 bits per heavy atom. The molecule has 110 valence electrons. The van der Waals surface area contributed by atoms with Gasteiger partial charge in [-0.05, 0) is 42.5 Å². The molecule has 0 saturated heterocycles. The van der Waals surface area contributed by atoms with E-state index in [1.807, 2.05) is 0 Å². The molecule has 2 aromatic rings. The third-order valence-electron chi connectivity index (χ3n) is 2.69. The van der Waals surface area contributed by atoms with Gasteiger partial charge in [0.2, 0.25) is 10.0 Å². The fraction of sp³-hybridized carbons (Fsp3) is 0. The van der Waals surface area contributed by atoms with Crippen LogP contribution in [0.1, 0.15) is 10.4 Å². The van der Waals surface area contributed by atoms with Crippen LogP contribution in [0.25, 0.3) is 0 Å². The van der Waals surface area contributed by atoms with E-state index in [0.717, 1.165) is 0 Å². The van der Waals surface area contributed by atoms with Gasteiger partial charge in [0, 0.05) is 11.3 Å². The Bertz CT molecular complexity index is 789. The maximum atomic E-state index is 12.0. The summed E-state index contributed by atoms with van der Waals surface area (Å²) >= 11 is 5.93. The lowest BCUT2D eigenvalue weighted by Crippen LogP contribution is -2.15. The second-order valence-corrected chi connectivity index (χ2v) is 6.23. The molecule has 0 atom stereocenters. The molecule has 0 aliphatic rings. The van der Waals surface area contributed by atoms with Crippen molar-refractivity contribution in [3.8, 4) is 0 Å². The van der Waals surface area contributed by atoms with E-state index in [1.54, 1.807) is 24.3 Å². The first kappa shape index (κ1) is 15.3. The van der Waals surface area contributed by atoms with E-state index < -0.39 is 15.9 Å². The van der Waals surface area contributed by atoms with Crippen molar-refractivity contribution < 1.29 is 13.2 Å². The van der Waals surface area contributed by atoms with Crippen molar-refractivity contribution in [2.45, 2.75) is 4.90 Å². The number of carbonyl (C=O) groups excluding carboxylic acids is 1. The van der Waals surface area contributed by atoms with Crippen molar-refractivity contribution >= 4 is 38.9 Å². The Hall–Kier alpha value is -2.09. The number of hydrogen-bond donors (Lipinski definition) is 3. The number of halogens is 1. The minimum absolute atomic E-state index is 0.139. The molecule has 8 heteroatoms. The third-order valence-corrected chi connectivity index (χ3v) is 3.93. The smallest absolute Gasteiger partial charge is 0.255 e. The molecule has 2 aromatic carbocycles. The van der Waals surface area contributed by atoms with Crippen molar-refractivity contribution in [1.82, 2.24) is 0 Å². The summed E-state index contributed by atoms with van der Waals surface area (Å²) in [6.07, 6.45) is 0. The first-order valence-corrected chi connectivity index (χ1v) is 7.69. The normalized spacial score (nSPS) is 11.1. The van der Waals surface area contributed by atoms with Gasteiger partial charge in [0.15, 0.2) is 0 Å². The lowest BCUT2D eigenvalue weighted by atomic mass is 10.2. The maximum Gasteiger partial charge on any atom is 0.255 e. The highest BCUT2D eigenvalue weighted by atomic mass is 35.5. The summed E-state index contributed by atoms with van der Waals surface area (Å²) in [6, 6.07) is 10.1. The standard InChI is InChI=1S/C13H12ClN3O3S/c14-11-6-5-10(21(16,19)20)7-12(11)17-13(18)8-1-3-9(15)4-2-8/h1-7H,15H2,(H,17,18)(H2,16,19,20). The molecule has 0 fully saturated rings. The van der Waals surface area contributed by atoms with Crippen molar-refractivity contribution in [2.24, 2.45) is 5.14 Å². The summed E-state index contributed by atoms with van der Waals surface area (Å²) in [6.45, 7) is 0. The van der Waals surface area contributed by atoms with Gasteiger partial charge in [-0.1, -0.05) is 11.6 Å². The van der Waals surface area contributed by atoms with Crippen LogP contribution in [0.15, 0.2) is 47.4 Å². The molecule has 0 aromatic heterocycles. The van der Waals surface area contributed by atoms with Gasteiger partial charge in [0.1, 0.15) is 0 Å². The lowest BCUT2D eigenvalue weighted by molar-refractivity contribution is 0.102. The highest BCUT2D eigenvalue weighted by molar-refractivity contribution is 7.89. The van der Waals surface area contributed by atoms with E-state index in [0.29, 0.717) is 11.3 Å².